The Bertz CT molecular complexity index is 654. The van der Waals surface area contributed by atoms with Gasteiger partial charge in [-0.3, -0.25) is 4.79 Å². The van der Waals surface area contributed by atoms with Crippen LogP contribution in [0.4, 0.5) is 5.69 Å². The summed E-state index contributed by atoms with van der Waals surface area (Å²) in [6.45, 7) is 11.7. The molecule has 0 spiro atoms. The fourth-order valence-electron chi connectivity index (χ4n) is 4.57. The van der Waals surface area contributed by atoms with Gasteiger partial charge in [0.25, 0.3) is 0 Å². The van der Waals surface area contributed by atoms with E-state index < -0.39 is 14.6 Å². The molecule has 3 heterocycles. The molecule has 4 rings (SSSR count). The molecule has 3 aliphatic rings. The lowest BCUT2D eigenvalue weighted by molar-refractivity contribution is 0.00251. The van der Waals surface area contributed by atoms with E-state index in [0.717, 1.165) is 17.8 Å². The van der Waals surface area contributed by atoms with E-state index >= 15 is 0 Å². The third-order valence-corrected chi connectivity index (χ3v) is 5.89. The first kappa shape index (κ1) is 14.4. The standard InChI is InChI=1S/C17H23N2O2Si/c1-16(2,3)17-14-13(19(14)21-22(4)5)10-18(17)12-9-7-6-8-11(12)15(17)20/h6-9,13-14H,10H2,1-5H3. The van der Waals surface area contributed by atoms with E-state index in [4.69, 9.17) is 4.53 Å². The van der Waals surface area contributed by atoms with Crippen molar-refractivity contribution < 1.29 is 9.32 Å². The summed E-state index contributed by atoms with van der Waals surface area (Å²) < 4.78 is 6.06. The zero-order valence-electron chi connectivity index (χ0n) is 13.9. The van der Waals surface area contributed by atoms with Crippen molar-refractivity contribution in [3.8, 4) is 0 Å². The normalized spacial score (nSPS) is 35.6. The average Bonchev–Trinajstić information content (AvgIpc) is 2.85. The Kier molecular flexibility index (Phi) is 2.76. The summed E-state index contributed by atoms with van der Waals surface area (Å²) in [7, 11) is -0.800. The Morgan fingerprint density at radius 3 is 2.59 bits per heavy atom. The van der Waals surface area contributed by atoms with Gasteiger partial charge in [0.2, 0.25) is 9.04 Å². The van der Waals surface area contributed by atoms with Crippen molar-refractivity contribution >= 4 is 20.5 Å². The molecular formula is C17H23N2O2Si. The summed E-state index contributed by atoms with van der Waals surface area (Å²) in [6, 6.07) is 8.60. The summed E-state index contributed by atoms with van der Waals surface area (Å²) in [5.41, 5.74) is 1.35. The van der Waals surface area contributed by atoms with Gasteiger partial charge in [-0.25, -0.2) is 0 Å². The van der Waals surface area contributed by atoms with E-state index in [1.807, 2.05) is 18.2 Å². The third-order valence-electron chi connectivity index (χ3n) is 5.32. The maximum atomic E-state index is 13.4. The van der Waals surface area contributed by atoms with Crippen LogP contribution in [0, 0.1) is 5.41 Å². The largest absolute Gasteiger partial charge is 0.354 e. The maximum absolute atomic E-state index is 13.4. The Morgan fingerprint density at radius 1 is 1.27 bits per heavy atom. The van der Waals surface area contributed by atoms with Gasteiger partial charge in [0.05, 0.1) is 12.1 Å². The molecule has 4 atom stereocenters. The van der Waals surface area contributed by atoms with Crippen molar-refractivity contribution in [1.29, 1.82) is 0 Å². The predicted octanol–water partition coefficient (Wildman–Crippen LogP) is 2.72. The lowest BCUT2D eigenvalue weighted by atomic mass is 9.69. The molecule has 5 heteroatoms. The summed E-state index contributed by atoms with van der Waals surface area (Å²) in [4.78, 5) is 15.8. The number of carbonyl (C=O) groups excluding carboxylic acids is 1. The van der Waals surface area contributed by atoms with E-state index in [1.165, 1.54) is 0 Å². The van der Waals surface area contributed by atoms with Gasteiger partial charge < -0.3 is 9.43 Å². The number of hydroxylamine groups is 2. The zero-order chi connectivity index (χ0) is 15.9. The van der Waals surface area contributed by atoms with Crippen LogP contribution in [0.3, 0.4) is 0 Å². The molecule has 1 radical (unpaired) electrons. The monoisotopic (exact) mass is 315 g/mol. The molecule has 1 aromatic rings. The number of anilines is 1. The smallest absolute Gasteiger partial charge is 0.235 e. The quantitative estimate of drug-likeness (QED) is 0.620. The number of rotatable bonds is 2. The minimum Gasteiger partial charge on any atom is -0.354 e. The SMILES string of the molecule is C[Si](C)ON1C2CN3c4ccccc4C(=O)C3(C(C)(C)C)C21. The van der Waals surface area contributed by atoms with Crippen molar-refractivity contribution in [2.75, 3.05) is 11.4 Å². The van der Waals surface area contributed by atoms with Crippen LogP contribution in [0.25, 0.3) is 0 Å². The number of fused-ring (bicyclic) bond motifs is 5. The Hall–Kier alpha value is -1.17. The van der Waals surface area contributed by atoms with Gasteiger partial charge in [0.1, 0.15) is 5.54 Å². The topological polar surface area (TPSA) is 32.5 Å². The van der Waals surface area contributed by atoms with Crippen molar-refractivity contribution in [3.63, 3.8) is 0 Å². The number of nitrogens with zero attached hydrogens (tertiary/aromatic N) is 2. The molecule has 0 saturated carbocycles. The van der Waals surface area contributed by atoms with Crippen LogP contribution < -0.4 is 4.90 Å². The van der Waals surface area contributed by atoms with Gasteiger partial charge in [-0.15, -0.1) is 0 Å². The molecule has 4 unspecified atom stereocenters. The van der Waals surface area contributed by atoms with E-state index in [0.29, 0.717) is 6.04 Å². The van der Waals surface area contributed by atoms with E-state index in [-0.39, 0.29) is 17.2 Å². The minimum atomic E-state index is -0.800. The second kappa shape index (κ2) is 4.22. The lowest BCUT2D eigenvalue weighted by Gasteiger charge is -2.46. The fraction of sp³-hybridized carbons (Fsp3) is 0.588. The molecule has 0 N–H and O–H groups in total. The molecule has 0 amide bonds. The van der Waals surface area contributed by atoms with E-state index in [9.17, 15) is 4.79 Å². The molecule has 2 saturated heterocycles. The first-order valence-electron chi connectivity index (χ1n) is 7.98. The molecular weight excluding hydrogens is 292 g/mol. The van der Waals surface area contributed by atoms with Crippen LogP contribution >= 0.6 is 0 Å². The minimum absolute atomic E-state index is 0.144. The second-order valence-corrected chi connectivity index (χ2v) is 9.84. The molecule has 0 bridgehead atoms. The average molecular weight is 315 g/mol. The molecule has 4 nitrogen and oxygen atoms in total. The van der Waals surface area contributed by atoms with Crippen LogP contribution in [-0.2, 0) is 4.53 Å². The maximum Gasteiger partial charge on any atom is 0.235 e. The summed E-state index contributed by atoms with van der Waals surface area (Å²) in [6.07, 6.45) is 0. The van der Waals surface area contributed by atoms with Gasteiger partial charge in [-0.2, -0.15) is 5.06 Å². The lowest BCUT2D eigenvalue weighted by Crippen LogP contribution is -2.62. The highest BCUT2D eigenvalue weighted by molar-refractivity contribution is 6.48. The molecule has 3 aliphatic heterocycles. The van der Waals surface area contributed by atoms with Crippen LogP contribution in [0.2, 0.25) is 13.1 Å². The number of piperazine rings is 1. The highest BCUT2D eigenvalue weighted by atomic mass is 28.3. The van der Waals surface area contributed by atoms with Crippen molar-refractivity contribution in [2.45, 2.75) is 51.5 Å². The number of hydrogen-bond acceptors (Lipinski definition) is 4. The van der Waals surface area contributed by atoms with Gasteiger partial charge in [0.15, 0.2) is 5.78 Å². The summed E-state index contributed by atoms with van der Waals surface area (Å²) in [5.74, 6) is 0.273. The fourth-order valence-corrected chi connectivity index (χ4v) is 5.24. The zero-order valence-corrected chi connectivity index (χ0v) is 14.9. The van der Waals surface area contributed by atoms with Crippen molar-refractivity contribution in [3.05, 3.63) is 29.8 Å². The molecule has 22 heavy (non-hydrogen) atoms. The van der Waals surface area contributed by atoms with Crippen molar-refractivity contribution in [1.82, 2.24) is 5.06 Å². The number of hydrogen-bond donors (Lipinski definition) is 0. The summed E-state index contributed by atoms with van der Waals surface area (Å²) >= 11 is 0. The van der Waals surface area contributed by atoms with Gasteiger partial charge in [-0.05, 0) is 30.6 Å². The third kappa shape index (κ3) is 1.52. The van der Waals surface area contributed by atoms with Gasteiger partial charge >= 0.3 is 0 Å². The second-order valence-electron chi connectivity index (χ2n) is 7.84. The molecule has 117 valence electrons. The van der Waals surface area contributed by atoms with Crippen LogP contribution in [-0.4, -0.2) is 44.1 Å². The van der Waals surface area contributed by atoms with E-state index in [1.54, 1.807) is 0 Å². The first-order chi connectivity index (χ1) is 10.3. The molecule has 0 aliphatic carbocycles. The number of benzene rings is 1. The van der Waals surface area contributed by atoms with Crippen LogP contribution in [0.5, 0.6) is 0 Å². The van der Waals surface area contributed by atoms with Gasteiger partial charge in [-0.1, -0.05) is 32.9 Å². The molecule has 0 aromatic heterocycles. The number of ketones is 1. The number of para-hydroxylation sites is 1. The highest BCUT2D eigenvalue weighted by Crippen LogP contribution is 2.61. The first-order valence-corrected chi connectivity index (χ1v) is 10.4. The number of Topliss-reactive ketones (excluding diaryl/α,β-unsaturated/α-hetero) is 1. The van der Waals surface area contributed by atoms with E-state index in [2.05, 4.69) is 49.9 Å². The van der Waals surface area contributed by atoms with Crippen molar-refractivity contribution in [2.24, 2.45) is 5.41 Å². The Labute approximate surface area is 133 Å². The van der Waals surface area contributed by atoms with Crippen LogP contribution in [0.15, 0.2) is 24.3 Å². The molecule has 2 fully saturated rings. The van der Waals surface area contributed by atoms with Gasteiger partial charge in [0, 0.05) is 17.8 Å². The van der Waals surface area contributed by atoms with Crippen LogP contribution in [0.1, 0.15) is 31.1 Å². The Balaban J connectivity index is 1.82. The molecule has 1 aromatic carbocycles. The summed E-state index contributed by atoms with van der Waals surface area (Å²) in [5, 5.41) is 2.11. The highest BCUT2D eigenvalue weighted by Gasteiger charge is 2.77. The Morgan fingerprint density at radius 2 is 1.95 bits per heavy atom. The number of carbonyl (C=O) groups is 1. The predicted molar refractivity (Wildman–Crippen MR) is 88.3 cm³/mol.